The molecule has 0 unspecified atom stereocenters. The van der Waals surface area contributed by atoms with Gasteiger partial charge in [0.25, 0.3) is 0 Å². The van der Waals surface area contributed by atoms with Crippen LogP contribution in [-0.2, 0) is 25.6 Å². The molecule has 0 aliphatic carbocycles. The molecule has 1 aromatic heterocycles. The Labute approximate surface area is 175 Å². The number of rotatable bonds is 7. The number of alkyl halides is 3. The molecule has 2 aromatic carbocycles. The van der Waals surface area contributed by atoms with Crippen molar-refractivity contribution in [2.24, 2.45) is 0 Å². The molecule has 1 heterocycles. The van der Waals surface area contributed by atoms with Crippen LogP contribution in [0.3, 0.4) is 0 Å². The summed E-state index contributed by atoms with van der Waals surface area (Å²) < 4.78 is 42.2. The molecule has 154 valence electrons. The molecule has 0 spiro atoms. The van der Waals surface area contributed by atoms with E-state index in [-0.39, 0.29) is 5.69 Å². The Morgan fingerprint density at radius 3 is 2.24 bits per heavy atom. The van der Waals surface area contributed by atoms with Gasteiger partial charge in [-0.1, -0.05) is 35.0 Å². The molecule has 29 heavy (non-hydrogen) atoms. The van der Waals surface area contributed by atoms with Crippen molar-refractivity contribution in [1.29, 1.82) is 0 Å². The van der Waals surface area contributed by atoms with Gasteiger partial charge in [0.1, 0.15) is 5.82 Å². The Balaban J connectivity index is 1.81. The second kappa shape index (κ2) is 8.98. The molecular weight excluding hydrogens is 447 g/mol. The molecule has 0 atom stereocenters. The van der Waals surface area contributed by atoms with E-state index in [0.29, 0.717) is 24.5 Å². The molecule has 0 N–H and O–H groups in total. The van der Waals surface area contributed by atoms with E-state index in [2.05, 4.69) is 21.0 Å². The maximum absolute atomic E-state index is 12.8. The molecular formula is C21H21BrF3N3O. The Bertz CT molecular complexity index is 1010. The number of aryl methyl sites for hydroxylation is 2. The van der Waals surface area contributed by atoms with Crippen LogP contribution >= 0.6 is 15.9 Å². The second-order valence-electron chi connectivity index (χ2n) is 6.79. The average molecular weight is 468 g/mol. The van der Waals surface area contributed by atoms with E-state index in [1.807, 2.05) is 31.2 Å². The molecule has 3 aromatic rings. The predicted octanol–water partition coefficient (Wildman–Crippen LogP) is 5.40. The standard InChI is InChI=1S/C21H21BrF3N3O/c1-2-14-27-19(5-3-4-15-6-10-17(22)11-7-15)26-28(20(27)29)18-12-8-16(9-13-18)21(23,24)25/h6-13H,2-5,14H2,1H3. The number of benzene rings is 2. The molecule has 0 aliphatic heterocycles. The molecule has 3 rings (SSSR count). The second-order valence-corrected chi connectivity index (χ2v) is 7.70. The molecule has 4 nitrogen and oxygen atoms in total. The first kappa shape index (κ1) is 21.4. The summed E-state index contributed by atoms with van der Waals surface area (Å²) in [6.45, 7) is 2.49. The fourth-order valence-electron chi connectivity index (χ4n) is 3.13. The van der Waals surface area contributed by atoms with Crippen LogP contribution in [0.1, 0.15) is 36.7 Å². The first-order chi connectivity index (χ1) is 13.8. The maximum atomic E-state index is 12.8. The third-order valence-electron chi connectivity index (χ3n) is 4.60. The largest absolute Gasteiger partial charge is 0.416 e. The van der Waals surface area contributed by atoms with Gasteiger partial charge in [0.15, 0.2) is 0 Å². The Morgan fingerprint density at radius 1 is 1.00 bits per heavy atom. The fourth-order valence-corrected chi connectivity index (χ4v) is 3.40. The highest BCUT2D eigenvalue weighted by atomic mass is 79.9. The van der Waals surface area contributed by atoms with E-state index in [9.17, 15) is 18.0 Å². The highest BCUT2D eigenvalue weighted by Crippen LogP contribution is 2.29. The fraction of sp³-hybridized carbons (Fsp3) is 0.333. The zero-order chi connectivity index (χ0) is 21.0. The average Bonchev–Trinajstić information content (AvgIpc) is 2.99. The SMILES string of the molecule is CCCn1c(CCCc2ccc(Br)cc2)nn(-c2ccc(C(F)(F)F)cc2)c1=O. The summed E-state index contributed by atoms with van der Waals surface area (Å²) >= 11 is 3.41. The topological polar surface area (TPSA) is 39.8 Å². The molecule has 0 fully saturated rings. The lowest BCUT2D eigenvalue weighted by Gasteiger charge is -2.06. The normalized spacial score (nSPS) is 11.8. The summed E-state index contributed by atoms with van der Waals surface area (Å²) in [5, 5.41) is 4.41. The minimum absolute atomic E-state index is 0.326. The van der Waals surface area contributed by atoms with Gasteiger partial charge in [0.2, 0.25) is 0 Å². The van der Waals surface area contributed by atoms with Gasteiger partial charge in [-0.15, -0.1) is 5.10 Å². The summed E-state index contributed by atoms with van der Waals surface area (Å²) in [5.41, 5.74) is 0.439. The van der Waals surface area contributed by atoms with Crippen LogP contribution in [0, 0.1) is 0 Å². The lowest BCUT2D eigenvalue weighted by molar-refractivity contribution is -0.137. The zero-order valence-electron chi connectivity index (χ0n) is 15.9. The molecule has 0 amide bonds. The van der Waals surface area contributed by atoms with E-state index < -0.39 is 11.7 Å². The third kappa shape index (κ3) is 5.18. The predicted molar refractivity (Wildman–Crippen MR) is 109 cm³/mol. The monoisotopic (exact) mass is 467 g/mol. The molecule has 0 saturated heterocycles. The van der Waals surface area contributed by atoms with Gasteiger partial charge in [-0.25, -0.2) is 4.79 Å². The van der Waals surface area contributed by atoms with E-state index in [1.165, 1.54) is 22.4 Å². The summed E-state index contributed by atoms with van der Waals surface area (Å²) in [5.74, 6) is 0.647. The van der Waals surface area contributed by atoms with Crippen molar-refractivity contribution in [3.63, 3.8) is 0 Å². The molecule has 0 aliphatic rings. The number of hydrogen-bond donors (Lipinski definition) is 0. The Hall–Kier alpha value is -2.35. The zero-order valence-corrected chi connectivity index (χ0v) is 17.5. The highest BCUT2D eigenvalue weighted by molar-refractivity contribution is 9.10. The van der Waals surface area contributed by atoms with Crippen LogP contribution in [-0.4, -0.2) is 14.3 Å². The first-order valence-electron chi connectivity index (χ1n) is 9.40. The summed E-state index contributed by atoms with van der Waals surface area (Å²) in [4.78, 5) is 12.8. The van der Waals surface area contributed by atoms with Gasteiger partial charge in [-0.3, -0.25) is 4.57 Å². The van der Waals surface area contributed by atoms with Crippen LogP contribution in [0.15, 0.2) is 57.8 Å². The van der Waals surface area contributed by atoms with Crippen LogP contribution < -0.4 is 5.69 Å². The van der Waals surface area contributed by atoms with E-state index in [4.69, 9.17) is 0 Å². The van der Waals surface area contributed by atoms with Crippen molar-refractivity contribution in [1.82, 2.24) is 14.3 Å². The van der Waals surface area contributed by atoms with Crippen LogP contribution in [0.4, 0.5) is 13.2 Å². The molecule has 0 saturated carbocycles. The van der Waals surface area contributed by atoms with E-state index >= 15 is 0 Å². The van der Waals surface area contributed by atoms with Gasteiger partial charge in [0, 0.05) is 17.4 Å². The van der Waals surface area contributed by atoms with Crippen molar-refractivity contribution < 1.29 is 13.2 Å². The number of halogens is 4. The lowest BCUT2D eigenvalue weighted by atomic mass is 10.1. The summed E-state index contributed by atoms with van der Waals surface area (Å²) in [6.07, 6.45) is -1.38. The minimum Gasteiger partial charge on any atom is -0.279 e. The van der Waals surface area contributed by atoms with E-state index in [1.54, 1.807) is 4.57 Å². The summed E-state index contributed by atoms with van der Waals surface area (Å²) in [7, 11) is 0. The molecule has 0 radical (unpaired) electrons. The lowest BCUT2D eigenvalue weighted by Crippen LogP contribution is -2.24. The number of aromatic nitrogens is 3. The Kier molecular flexibility index (Phi) is 6.62. The highest BCUT2D eigenvalue weighted by Gasteiger charge is 2.30. The van der Waals surface area contributed by atoms with Crippen LogP contribution in [0.25, 0.3) is 5.69 Å². The van der Waals surface area contributed by atoms with Gasteiger partial charge >= 0.3 is 11.9 Å². The van der Waals surface area contributed by atoms with Crippen molar-refractivity contribution in [2.75, 3.05) is 0 Å². The van der Waals surface area contributed by atoms with E-state index in [0.717, 1.165) is 35.9 Å². The molecule has 0 bridgehead atoms. The van der Waals surface area contributed by atoms with Crippen LogP contribution in [0.2, 0.25) is 0 Å². The minimum atomic E-state index is -4.41. The van der Waals surface area contributed by atoms with Crippen LogP contribution in [0.5, 0.6) is 0 Å². The third-order valence-corrected chi connectivity index (χ3v) is 5.13. The van der Waals surface area contributed by atoms with Crippen molar-refractivity contribution >= 4 is 15.9 Å². The molecule has 8 heteroatoms. The van der Waals surface area contributed by atoms with Gasteiger partial charge in [0.05, 0.1) is 11.3 Å². The Morgan fingerprint density at radius 2 is 1.66 bits per heavy atom. The maximum Gasteiger partial charge on any atom is 0.416 e. The number of hydrogen-bond acceptors (Lipinski definition) is 2. The quantitative estimate of drug-likeness (QED) is 0.466. The first-order valence-corrected chi connectivity index (χ1v) is 10.2. The smallest absolute Gasteiger partial charge is 0.279 e. The van der Waals surface area contributed by atoms with Gasteiger partial charge in [-0.2, -0.15) is 17.9 Å². The van der Waals surface area contributed by atoms with Crippen molar-refractivity contribution in [2.45, 2.75) is 45.3 Å². The van der Waals surface area contributed by atoms with Gasteiger partial charge < -0.3 is 0 Å². The van der Waals surface area contributed by atoms with Gasteiger partial charge in [-0.05, 0) is 61.2 Å². The summed E-state index contributed by atoms with van der Waals surface area (Å²) in [6, 6.07) is 12.6. The van der Waals surface area contributed by atoms with Crippen molar-refractivity contribution in [3.8, 4) is 5.69 Å². The van der Waals surface area contributed by atoms with Crippen molar-refractivity contribution in [3.05, 3.63) is 80.4 Å². The number of nitrogens with zero attached hydrogens (tertiary/aromatic N) is 3.